The Bertz CT molecular complexity index is 1100. The first-order valence-electron chi connectivity index (χ1n) is 8.58. The predicted octanol–water partition coefficient (Wildman–Crippen LogP) is 2.06. The van der Waals surface area contributed by atoms with Gasteiger partial charge in [-0.25, -0.2) is 4.68 Å². The number of halogens is 3. The molecule has 0 fully saturated rings. The van der Waals surface area contributed by atoms with Crippen LogP contribution in [-0.2, 0) is 17.4 Å². The van der Waals surface area contributed by atoms with Crippen LogP contribution in [0.4, 0.5) is 18.9 Å². The minimum absolute atomic E-state index is 0.0280. The molecule has 0 radical (unpaired) electrons. The number of rotatable bonds is 3. The predicted molar refractivity (Wildman–Crippen MR) is 97.9 cm³/mol. The van der Waals surface area contributed by atoms with Crippen molar-refractivity contribution in [3.8, 4) is 5.69 Å². The molecule has 2 N–H and O–H groups in total. The largest absolute Gasteiger partial charge is 0.491 e. The first-order chi connectivity index (χ1) is 13.7. The van der Waals surface area contributed by atoms with Gasteiger partial charge in [-0.15, -0.1) is 5.10 Å². The van der Waals surface area contributed by atoms with Crippen molar-refractivity contribution in [2.24, 2.45) is 0 Å². The fourth-order valence-corrected chi connectivity index (χ4v) is 3.08. The van der Waals surface area contributed by atoms with Gasteiger partial charge in [0.2, 0.25) is 0 Å². The third-order valence-corrected chi connectivity index (χ3v) is 4.59. The summed E-state index contributed by atoms with van der Waals surface area (Å²) in [6, 6.07) is 9.58. The molecule has 4 rings (SSSR count). The van der Waals surface area contributed by atoms with E-state index < -0.39 is 24.8 Å². The van der Waals surface area contributed by atoms with Crippen LogP contribution < -0.4 is 10.8 Å². The van der Waals surface area contributed by atoms with Crippen molar-refractivity contribution in [1.29, 1.82) is 0 Å². The Morgan fingerprint density at radius 2 is 2.07 bits per heavy atom. The van der Waals surface area contributed by atoms with Crippen molar-refractivity contribution in [3.05, 3.63) is 65.0 Å². The van der Waals surface area contributed by atoms with Crippen LogP contribution in [0.1, 0.15) is 27.3 Å². The van der Waals surface area contributed by atoms with E-state index in [0.29, 0.717) is 11.2 Å². The maximum absolute atomic E-state index is 12.9. The monoisotopic (exact) mass is 402 g/mol. The van der Waals surface area contributed by atoms with E-state index in [1.54, 1.807) is 18.2 Å². The third-order valence-electron chi connectivity index (χ3n) is 4.59. The number of carbonyl (C=O) groups excluding carboxylic acids is 1. The van der Waals surface area contributed by atoms with Crippen LogP contribution in [0.25, 0.3) is 5.69 Å². The molecule has 1 amide bonds. The lowest BCUT2D eigenvalue weighted by atomic mass is 9.79. The van der Waals surface area contributed by atoms with Gasteiger partial charge in [-0.2, -0.15) is 13.2 Å². The standard InChI is InChI=1S/C18H14BF3N4O3/c1-10-16(17(27)23-13-6-5-11-9-29-19(28)15(11)8-13)24-25-26(10)14-4-2-3-12(7-14)18(20,21)22/h2-8,28H,9H2,1H3,(H,23,27). The summed E-state index contributed by atoms with van der Waals surface area (Å²) in [5.41, 5.74) is 1.38. The number of hydrogen-bond acceptors (Lipinski definition) is 5. The van der Waals surface area contributed by atoms with E-state index in [-0.39, 0.29) is 23.7 Å². The van der Waals surface area contributed by atoms with Crippen LogP contribution in [0, 0.1) is 6.92 Å². The summed E-state index contributed by atoms with van der Waals surface area (Å²) >= 11 is 0. The highest BCUT2D eigenvalue weighted by atomic mass is 19.4. The lowest BCUT2D eigenvalue weighted by Gasteiger charge is -2.09. The van der Waals surface area contributed by atoms with Crippen LogP contribution in [0.15, 0.2) is 42.5 Å². The van der Waals surface area contributed by atoms with E-state index in [0.717, 1.165) is 17.7 Å². The highest BCUT2D eigenvalue weighted by Crippen LogP contribution is 2.30. The normalized spacial score (nSPS) is 13.5. The summed E-state index contributed by atoms with van der Waals surface area (Å²) < 4.78 is 45.1. The SMILES string of the molecule is Cc1c(C(=O)Nc2ccc3c(c2)B(O)OC3)nnn1-c1cccc(C(F)(F)F)c1. The topological polar surface area (TPSA) is 89.3 Å². The Balaban J connectivity index is 1.59. The van der Waals surface area contributed by atoms with Crippen molar-refractivity contribution >= 4 is 24.2 Å². The Labute approximate surface area is 163 Å². The van der Waals surface area contributed by atoms with Crippen molar-refractivity contribution in [2.75, 3.05) is 5.32 Å². The van der Waals surface area contributed by atoms with Gasteiger partial charge in [-0.1, -0.05) is 17.3 Å². The molecule has 0 saturated carbocycles. The minimum Gasteiger partial charge on any atom is -0.423 e. The second-order valence-corrected chi connectivity index (χ2v) is 6.51. The first-order valence-corrected chi connectivity index (χ1v) is 8.58. The molecule has 11 heteroatoms. The zero-order valence-electron chi connectivity index (χ0n) is 15.1. The molecule has 0 aliphatic carbocycles. The lowest BCUT2D eigenvalue weighted by molar-refractivity contribution is -0.137. The summed E-state index contributed by atoms with van der Waals surface area (Å²) in [6.45, 7) is 1.82. The molecule has 0 bridgehead atoms. The Morgan fingerprint density at radius 3 is 2.83 bits per heavy atom. The van der Waals surface area contributed by atoms with Crippen molar-refractivity contribution in [2.45, 2.75) is 19.7 Å². The number of hydrogen-bond donors (Lipinski definition) is 2. The van der Waals surface area contributed by atoms with Crippen molar-refractivity contribution < 1.29 is 27.6 Å². The lowest BCUT2D eigenvalue weighted by Crippen LogP contribution is -2.28. The molecule has 0 unspecified atom stereocenters. The van der Waals surface area contributed by atoms with Crippen LogP contribution in [0.3, 0.4) is 0 Å². The van der Waals surface area contributed by atoms with Crippen molar-refractivity contribution in [1.82, 2.24) is 15.0 Å². The summed E-state index contributed by atoms with van der Waals surface area (Å²) in [7, 11) is -1.05. The van der Waals surface area contributed by atoms with E-state index in [1.807, 2.05) is 0 Å². The van der Waals surface area contributed by atoms with E-state index in [1.165, 1.54) is 23.7 Å². The van der Waals surface area contributed by atoms with E-state index in [4.69, 9.17) is 4.65 Å². The Hall–Kier alpha value is -3.18. The average molecular weight is 402 g/mol. The molecule has 148 valence electrons. The Morgan fingerprint density at radius 1 is 1.28 bits per heavy atom. The summed E-state index contributed by atoms with van der Waals surface area (Å²) in [4.78, 5) is 12.6. The maximum atomic E-state index is 12.9. The summed E-state index contributed by atoms with van der Waals surface area (Å²) in [5.74, 6) is -0.575. The highest BCUT2D eigenvalue weighted by Gasteiger charge is 2.31. The molecular weight excluding hydrogens is 388 g/mol. The number of alkyl halides is 3. The van der Waals surface area contributed by atoms with Gasteiger partial charge >= 0.3 is 13.3 Å². The number of carbonyl (C=O) groups is 1. The number of aromatic nitrogens is 3. The number of nitrogens with zero attached hydrogens (tertiary/aromatic N) is 3. The highest BCUT2D eigenvalue weighted by molar-refractivity contribution is 6.61. The van der Waals surface area contributed by atoms with E-state index in [2.05, 4.69) is 15.6 Å². The number of amides is 1. The van der Waals surface area contributed by atoms with Gasteiger partial charge in [0.15, 0.2) is 5.69 Å². The smallest absolute Gasteiger partial charge is 0.423 e. The van der Waals surface area contributed by atoms with Gasteiger partial charge in [0.25, 0.3) is 5.91 Å². The van der Waals surface area contributed by atoms with Crippen LogP contribution >= 0.6 is 0 Å². The quantitative estimate of drug-likeness (QED) is 0.655. The molecule has 0 spiro atoms. The molecule has 1 aliphatic rings. The molecule has 7 nitrogen and oxygen atoms in total. The van der Waals surface area contributed by atoms with Gasteiger partial charge in [0, 0.05) is 5.69 Å². The molecule has 0 saturated heterocycles. The summed E-state index contributed by atoms with van der Waals surface area (Å²) in [6.07, 6.45) is -4.49. The van der Waals surface area contributed by atoms with E-state index in [9.17, 15) is 23.0 Å². The average Bonchev–Trinajstić information content (AvgIpc) is 3.24. The molecule has 0 atom stereocenters. The van der Waals surface area contributed by atoms with Crippen LogP contribution in [0.5, 0.6) is 0 Å². The number of fused-ring (bicyclic) bond motifs is 1. The third kappa shape index (κ3) is 3.61. The fraction of sp³-hybridized carbons (Fsp3) is 0.167. The molecular formula is C18H14BF3N4O3. The summed E-state index contributed by atoms with van der Waals surface area (Å²) in [5, 5.41) is 20.1. The van der Waals surface area contributed by atoms with Crippen molar-refractivity contribution in [3.63, 3.8) is 0 Å². The van der Waals surface area contributed by atoms with E-state index >= 15 is 0 Å². The molecule has 1 aromatic heterocycles. The second kappa shape index (κ2) is 7.01. The maximum Gasteiger partial charge on any atom is 0.491 e. The van der Waals surface area contributed by atoms with Gasteiger partial charge in [0.05, 0.1) is 23.6 Å². The zero-order valence-corrected chi connectivity index (χ0v) is 15.1. The van der Waals surface area contributed by atoms with Gasteiger partial charge < -0.3 is 15.0 Å². The van der Waals surface area contributed by atoms with Crippen LogP contribution in [-0.4, -0.2) is 33.0 Å². The molecule has 29 heavy (non-hydrogen) atoms. The Kier molecular flexibility index (Phi) is 4.63. The first kappa shape index (κ1) is 19.2. The molecule has 2 aromatic carbocycles. The second-order valence-electron chi connectivity index (χ2n) is 6.51. The van der Waals surface area contributed by atoms with Crippen LogP contribution in [0.2, 0.25) is 0 Å². The number of anilines is 1. The number of benzene rings is 2. The van der Waals surface area contributed by atoms with Gasteiger partial charge in [0.1, 0.15) is 0 Å². The zero-order chi connectivity index (χ0) is 20.8. The number of nitrogens with one attached hydrogen (secondary N) is 1. The molecule has 1 aliphatic heterocycles. The van der Waals surface area contributed by atoms with Gasteiger partial charge in [-0.3, -0.25) is 4.79 Å². The molecule has 3 aromatic rings. The van der Waals surface area contributed by atoms with Gasteiger partial charge in [-0.05, 0) is 48.3 Å². The molecule has 2 heterocycles. The minimum atomic E-state index is -4.49. The fourth-order valence-electron chi connectivity index (χ4n) is 3.08.